The highest BCUT2D eigenvalue weighted by Gasteiger charge is 2.12. The highest BCUT2D eigenvalue weighted by atomic mass is 35.5. The maximum absolute atomic E-state index is 12.0. The number of carbonyl (C=O) groups is 1. The van der Waals surface area contributed by atoms with E-state index in [1.54, 1.807) is 30.3 Å². The third kappa shape index (κ3) is 3.69. The molecule has 0 aromatic heterocycles. The number of amides is 1. The summed E-state index contributed by atoms with van der Waals surface area (Å²) in [6, 6.07) is 8.80. The minimum atomic E-state index is -0.561. The molecule has 0 radical (unpaired) electrons. The lowest BCUT2D eigenvalue weighted by Gasteiger charge is -2.13. The number of nitrogens with one attached hydrogen (secondary N) is 1. The van der Waals surface area contributed by atoms with Gasteiger partial charge in [-0.3, -0.25) is 5.32 Å². The van der Waals surface area contributed by atoms with Gasteiger partial charge in [0.1, 0.15) is 5.75 Å². The Kier molecular flexibility index (Phi) is 4.76. The summed E-state index contributed by atoms with van der Waals surface area (Å²) in [7, 11) is 0. The molecule has 0 unspecified atom stereocenters. The highest BCUT2D eigenvalue weighted by molar-refractivity contribution is 6.31. The van der Waals surface area contributed by atoms with Crippen LogP contribution in [0.3, 0.4) is 0 Å². The second-order valence-electron chi connectivity index (χ2n) is 4.80. The summed E-state index contributed by atoms with van der Waals surface area (Å²) < 4.78 is 5.38. The van der Waals surface area contributed by atoms with Gasteiger partial charge in [-0.25, -0.2) is 4.79 Å². The zero-order valence-corrected chi connectivity index (χ0v) is 13.5. The van der Waals surface area contributed by atoms with Gasteiger partial charge in [0, 0.05) is 15.7 Å². The number of ether oxygens (including phenoxy) is 1. The van der Waals surface area contributed by atoms with E-state index in [-0.39, 0.29) is 0 Å². The molecule has 0 aliphatic heterocycles. The van der Waals surface area contributed by atoms with Crippen LogP contribution in [-0.2, 0) is 0 Å². The molecule has 3 nitrogen and oxygen atoms in total. The molecule has 0 fully saturated rings. The van der Waals surface area contributed by atoms with Gasteiger partial charge in [-0.15, -0.1) is 0 Å². The second-order valence-corrected chi connectivity index (χ2v) is 5.64. The Morgan fingerprint density at radius 3 is 2.33 bits per heavy atom. The first kappa shape index (κ1) is 15.7. The van der Waals surface area contributed by atoms with Crippen molar-refractivity contribution in [1.29, 1.82) is 0 Å². The largest absolute Gasteiger partial charge is 0.417 e. The van der Waals surface area contributed by atoms with Gasteiger partial charge in [-0.2, -0.15) is 0 Å². The van der Waals surface area contributed by atoms with Crippen molar-refractivity contribution >= 4 is 35.0 Å². The van der Waals surface area contributed by atoms with E-state index in [2.05, 4.69) is 5.32 Å². The average Bonchev–Trinajstić information content (AvgIpc) is 2.39. The SMILES string of the molecule is Cc1cc(Cl)cc(C)c1OC(=O)Nc1cccc(Cl)c1C. The van der Waals surface area contributed by atoms with Crippen molar-refractivity contribution in [2.75, 3.05) is 5.32 Å². The molecule has 1 amide bonds. The molecule has 2 aromatic carbocycles. The van der Waals surface area contributed by atoms with Crippen molar-refractivity contribution in [2.45, 2.75) is 20.8 Å². The molecular formula is C16H15Cl2NO2. The van der Waals surface area contributed by atoms with Gasteiger partial charge < -0.3 is 4.74 Å². The Morgan fingerprint density at radius 2 is 1.71 bits per heavy atom. The zero-order chi connectivity index (χ0) is 15.6. The maximum Gasteiger partial charge on any atom is 0.417 e. The molecular weight excluding hydrogens is 309 g/mol. The van der Waals surface area contributed by atoms with Crippen molar-refractivity contribution in [3.05, 3.63) is 57.1 Å². The Labute approximate surface area is 133 Å². The third-order valence-electron chi connectivity index (χ3n) is 3.12. The maximum atomic E-state index is 12.0. The molecule has 5 heteroatoms. The molecule has 0 atom stereocenters. The van der Waals surface area contributed by atoms with E-state index in [0.29, 0.717) is 21.5 Å². The highest BCUT2D eigenvalue weighted by Crippen LogP contribution is 2.28. The van der Waals surface area contributed by atoms with E-state index in [9.17, 15) is 4.79 Å². The van der Waals surface area contributed by atoms with Crippen molar-refractivity contribution < 1.29 is 9.53 Å². The summed E-state index contributed by atoms with van der Waals surface area (Å²) in [5.41, 5.74) is 3.02. The van der Waals surface area contributed by atoms with Crippen molar-refractivity contribution in [2.24, 2.45) is 0 Å². The van der Waals surface area contributed by atoms with Crippen LogP contribution in [0.15, 0.2) is 30.3 Å². The number of hydrogen-bond donors (Lipinski definition) is 1. The van der Waals surface area contributed by atoms with Crippen molar-refractivity contribution in [1.82, 2.24) is 0 Å². The number of hydrogen-bond acceptors (Lipinski definition) is 2. The summed E-state index contributed by atoms with van der Waals surface area (Å²) in [6.07, 6.45) is -0.561. The van der Waals surface area contributed by atoms with Gasteiger partial charge in [0.15, 0.2) is 0 Å². The Balaban J connectivity index is 2.18. The summed E-state index contributed by atoms with van der Waals surface area (Å²) in [5, 5.41) is 3.89. The number of anilines is 1. The molecule has 1 N–H and O–H groups in total. The first-order valence-electron chi connectivity index (χ1n) is 6.39. The van der Waals surface area contributed by atoms with E-state index < -0.39 is 6.09 Å². The van der Waals surface area contributed by atoms with E-state index >= 15 is 0 Å². The lowest BCUT2D eigenvalue weighted by molar-refractivity contribution is 0.214. The van der Waals surface area contributed by atoms with Crippen LogP contribution >= 0.6 is 23.2 Å². The number of carbonyl (C=O) groups excluding carboxylic acids is 1. The van der Waals surface area contributed by atoms with Crippen LogP contribution in [0.4, 0.5) is 10.5 Å². The monoisotopic (exact) mass is 323 g/mol. The van der Waals surface area contributed by atoms with Crippen LogP contribution in [0.1, 0.15) is 16.7 Å². The van der Waals surface area contributed by atoms with Gasteiger partial charge in [-0.1, -0.05) is 29.3 Å². The van der Waals surface area contributed by atoms with Crippen LogP contribution < -0.4 is 10.1 Å². The average molecular weight is 324 g/mol. The van der Waals surface area contributed by atoms with Gasteiger partial charge in [-0.05, 0) is 61.7 Å². The van der Waals surface area contributed by atoms with Crippen molar-refractivity contribution in [3.8, 4) is 5.75 Å². The van der Waals surface area contributed by atoms with Crippen LogP contribution in [0, 0.1) is 20.8 Å². The summed E-state index contributed by atoms with van der Waals surface area (Å²) >= 11 is 12.0. The van der Waals surface area contributed by atoms with Crippen LogP contribution in [-0.4, -0.2) is 6.09 Å². The Hall–Kier alpha value is -1.71. The van der Waals surface area contributed by atoms with Crippen molar-refractivity contribution in [3.63, 3.8) is 0 Å². The third-order valence-corrected chi connectivity index (χ3v) is 3.75. The van der Waals surface area contributed by atoms with Crippen LogP contribution in [0.25, 0.3) is 0 Å². The molecule has 0 bridgehead atoms. The fraction of sp³-hybridized carbons (Fsp3) is 0.188. The lowest BCUT2D eigenvalue weighted by Crippen LogP contribution is -2.18. The van der Waals surface area contributed by atoms with E-state index in [1.165, 1.54) is 0 Å². The first-order chi connectivity index (χ1) is 9.88. The predicted molar refractivity (Wildman–Crippen MR) is 86.8 cm³/mol. The smallest absolute Gasteiger partial charge is 0.410 e. The number of benzene rings is 2. The Morgan fingerprint density at radius 1 is 1.10 bits per heavy atom. The normalized spacial score (nSPS) is 10.3. The number of halogens is 2. The Bertz CT molecular complexity index is 676. The molecule has 0 aliphatic rings. The molecule has 0 saturated heterocycles. The van der Waals surface area contributed by atoms with Gasteiger partial charge >= 0.3 is 6.09 Å². The molecule has 21 heavy (non-hydrogen) atoms. The predicted octanol–water partition coefficient (Wildman–Crippen LogP) is 5.53. The lowest BCUT2D eigenvalue weighted by atomic mass is 10.1. The summed E-state index contributed by atoms with van der Waals surface area (Å²) in [5.74, 6) is 0.511. The molecule has 0 aliphatic carbocycles. The fourth-order valence-electron chi connectivity index (χ4n) is 2.03. The molecule has 110 valence electrons. The van der Waals surface area contributed by atoms with Gasteiger partial charge in [0.2, 0.25) is 0 Å². The van der Waals surface area contributed by atoms with E-state index in [0.717, 1.165) is 16.7 Å². The molecule has 2 aromatic rings. The van der Waals surface area contributed by atoms with Gasteiger partial charge in [0.05, 0.1) is 0 Å². The molecule has 0 spiro atoms. The molecule has 0 heterocycles. The van der Waals surface area contributed by atoms with E-state index in [4.69, 9.17) is 27.9 Å². The minimum absolute atomic E-state index is 0.511. The zero-order valence-electron chi connectivity index (χ0n) is 12.0. The standard InChI is InChI=1S/C16H15Cl2NO2/c1-9-7-12(17)8-10(2)15(9)21-16(20)19-14-6-4-5-13(18)11(14)3/h4-8H,1-3H3,(H,19,20). The minimum Gasteiger partial charge on any atom is -0.410 e. The summed E-state index contributed by atoms with van der Waals surface area (Å²) in [6.45, 7) is 5.51. The number of aryl methyl sites for hydroxylation is 2. The quantitative estimate of drug-likeness (QED) is 0.789. The van der Waals surface area contributed by atoms with Gasteiger partial charge in [0.25, 0.3) is 0 Å². The summed E-state index contributed by atoms with van der Waals surface area (Å²) in [4.78, 5) is 12.0. The van der Waals surface area contributed by atoms with Crippen LogP contribution in [0.2, 0.25) is 10.0 Å². The second kappa shape index (κ2) is 6.37. The van der Waals surface area contributed by atoms with E-state index in [1.807, 2.05) is 20.8 Å². The first-order valence-corrected chi connectivity index (χ1v) is 7.14. The molecule has 0 saturated carbocycles. The molecule has 2 rings (SSSR count). The fourth-order valence-corrected chi connectivity index (χ4v) is 2.53. The van der Waals surface area contributed by atoms with Crippen LogP contribution in [0.5, 0.6) is 5.75 Å². The topological polar surface area (TPSA) is 38.3 Å². The number of rotatable bonds is 2.